The van der Waals surface area contributed by atoms with Crippen molar-refractivity contribution >= 4 is 28.6 Å². The lowest BCUT2D eigenvalue weighted by Crippen LogP contribution is -2.16. The van der Waals surface area contributed by atoms with Crippen molar-refractivity contribution in [1.82, 2.24) is 15.0 Å². The summed E-state index contributed by atoms with van der Waals surface area (Å²) < 4.78 is 24.5. The summed E-state index contributed by atoms with van der Waals surface area (Å²) in [6, 6.07) is 13.2. The summed E-state index contributed by atoms with van der Waals surface area (Å²) >= 11 is 0. The van der Waals surface area contributed by atoms with Gasteiger partial charge in [-0.15, -0.1) is 0 Å². The lowest BCUT2D eigenvalue weighted by molar-refractivity contribution is 0.0690. The highest BCUT2D eigenvalue weighted by Crippen LogP contribution is 2.33. The Bertz CT molecular complexity index is 1330. The van der Waals surface area contributed by atoms with Crippen molar-refractivity contribution < 1.29 is 28.6 Å². The zero-order chi connectivity index (χ0) is 22.7. The van der Waals surface area contributed by atoms with Gasteiger partial charge in [0, 0.05) is 6.07 Å². The third kappa shape index (κ3) is 5.01. The van der Waals surface area contributed by atoms with Gasteiger partial charge in [-0.1, -0.05) is 19.6 Å². The van der Waals surface area contributed by atoms with Gasteiger partial charge in [-0.2, -0.15) is 0 Å². The van der Waals surface area contributed by atoms with E-state index in [4.69, 9.17) is 14.6 Å². The molecule has 0 fully saturated rings. The first kappa shape index (κ1) is 23.1. The number of carboxylic acid groups (broad SMARTS) is 1. The molecule has 0 saturated heterocycles. The van der Waals surface area contributed by atoms with Crippen LogP contribution in [0.15, 0.2) is 60.8 Å². The molecule has 0 aliphatic carbocycles. The second-order valence-electron chi connectivity index (χ2n) is 6.45. The number of nitrogens with zero attached hydrogens (tertiary/aromatic N) is 3. The van der Waals surface area contributed by atoms with Crippen molar-refractivity contribution in [2.75, 3.05) is 12.4 Å². The molecule has 0 saturated carbocycles. The highest BCUT2D eigenvalue weighted by molar-refractivity contribution is 6.05. The van der Waals surface area contributed by atoms with Gasteiger partial charge in [-0.05, 0) is 36.4 Å². The zero-order valence-corrected chi connectivity index (χ0v) is 16.6. The van der Waals surface area contributed by atoms with Crippen LogP contribution < -0.4 is 14.8 Å². The average molecular weight is 450 g/mol. The number of benzene rings is 2. The summed E-state index contributed by atoms with van der Waals surface area (Å²) in [7, 11) is 1.36. The molecule has 0 spiro atoms. The topological polar surface area (TPSA) is 124 Å². The van der Waals surface area contributed by atoms with Crippen LogP contribution in [0.1, 0.15) is 28.4 Å². The van der Waals surface area contributed by atoms with Gasteiger partial charge >= 0.3 is 5.97 Å². The normalized spacial score (nSPS) is 10.2. The molecule has 0 bridgehead atoms. The molecule has 0 aliphatic rings. The minimum atomic E-state index is -1.19. The summed E-state index contributed by atoms with van der Waals surface area (Å²) in [5, 5.41) is 11.5. The van der Waals surface area contributed by atoms with E-state index in [-0.39, 0.29) is 41.9 Å². The third-order valence-electron chi connectivity index (χ3n) is 4.33. The average Bonchev–Trinajstić information content (AvgIpc) is 2.80. The molecule has 9 nitrogen and oxygen atoms in total. The van der Waals surface area contributed by atoms with Gasteiger partial charge in [0.2, 0.25) is 0 Å². The molecule has 33 heavy (non-hydrogen) atoms. The number of para-hydroxylation sites is 2. The van der Waals surface area contributed by atoms with E-state index in [0.29, 0.717) is 11.0 Å². The number of carboxylic acids is 1. The molecule has 1 amide bonds. The predicted molar refractivity (Wildman–Crippen MR) is 118 cm³/mol. The SMILES string of the molecule is C.COc1cc(F)ccc1Oc1nc2ccccc2nc1C(=O)Nc1ccc(C(=O)O)nc1. The summed E-state index contributed by atoms with van der Waals surface area (Å²) in [6.45, 7) is 0. The highest BCUT2D eigenvalue weighted by atomic mass is 19.1. The maximum atomic E-state index is 13.5. The summed E-state index contributed by atoms with van der Waals surface area (Å²) in [6.07, 6.45) is 1.21. The highest BCUT2D eigenvalue weighted by Gasteiger charge is 2.21. The Kier molecular flexibility index (Phi) is 6.77. The number of aromatic carboxylic acids is 1. The van der Waals surface area contributed by atoms with E-state index in [2.05, 4.69) is 20.3 Å². The Morgan fingerprint density at radius 1 is 1.00 bits per heavy atom. The number of amides is 1. The van der Waals surface area contributed by atoms with Gasteiger partial charge in [-0.25, -0.2) is 24.1 Å². The molecule has 0 radical (unpaired) electrons. The number of rotatable bonds is 6. The van der Waals surface area contributed by atoms with Crippen LogP contribution in [0.4, 0.5) is 10.1 Å². The van der Waals surface area contributed by atoms with E-state index < -0.39 is 17.7 Å². The Morgan fingerprint density at radius 2 is 1.73 bits per heavy atom. The molecule has 168 valence electrons. The van der Waals surface area contributed by atoms with Crippen molar-refractivity contribution in [2.24, 2.45) is 0 Å². The number of methoxy groups -OCH3 is 1. The first-order chi connectivity index (χ1) is 15.4. The maximum absolute atomic E-state index is 13.5. The van der Waals surface area contributed by atoms with Crippen LogP contribution in [0.5, 0.6) is 17.4 Å². The van der Waals surface area contributed by atoms with Crippen molar-refractivity contribution in [3.8, 4) is 17.4 Å². The van der Waals surface area contributed by atoms with Crippen molar-refractivity contribution in [3.63, 3.8) is 0 Å². The number of hydrogen-bond donors (Lipinski definition) is 2. The number of ether oxygens (including phenoxy) is 2. The number of anilines is 1. The van der Waals surface area contributed by atoms with E-state index in [1.165, 1.54) is 37.6 Å². The largest absolute Gasteiger partial charge is 0.493 e. The lowest BCUT2D eigenvalue weighted by atomic mass is 10.2. The Balaban J connectivity index is 0.00000306. The van der Waals surface area contributed by atoms with E-state index >= 15 is 0 Å². The molecule has 2 aromatic carbocycles. The molecule has 4 rings (SSSR count). The molecule has 4 aromatic rings. The zero-order valence-electron chi connectivity index (χ0n) is 16.6. The summed E-state index contributed by atoms with van der Waals surface area (Å²) in [4.78, 5) is 36.4. The van der Waals surface area contributed by atoms with Crippen LogP contribution >= 0.6 is 0 Å². The van der Waals surface area contributed by atoms with Gasteiger partial charge in [-0.3, -0.25) is 4.79 Å². The van der Waals surface area contributed by atoms with Crippen molar-refractivity contribution in [1.29, 1.82) is 0 Å². The second kappa shape index (κ2) is 9.69. The fourth-order valence-corrected chi connectivity index (χ4v) is 2.82. The lowest BCUT2D eigenvalue weighted by Gasteiger charge is -2.13. The smallest absolute Gasteiger partial charge is 0.354 e. The van der Waals surface area contributed by atoms with E-state index in [9.17, 15) is 14.0 Å². The van der Waals surface area contributed by atoms with Crippen molar-refractivity contribution in [2.45, 2.75) is 7.43 Å². The van der Waals surface area contributed by atoms with E-state index in [1.54, 1.807) is 24.3 Å². The van der Waals surface area contributed by atoms with Crippen LogP contribution in [0, 0.1) is 5.82 Å². The number of aromatic nitrogens is 3. The molecule has 0 aliphatic heterocycles. The number of pyridine rings is 1. The van der Waals surface area contributed by atoms with Crippen LogP contribution in [0.25, 0.3) is 11.0 Å². The van der Waals surface area contributed by atoms with E-state index in [0.717, 1.165) is 6.07 Å². The van der Waals surface area contributed by atoms with Crippen molar-refractivity contribution in [3.05, 3.63) is 78.0 Å². The number of nitrogens with one attached hydrogen (secondary N) is 1. The monoisotopic (exact) mass is 450 g/mol. The van der Waals surface area contributed by atoms with Crippen LogP contribution in [-0.2, 0) is 0 Å². The second-order valence-corrected chi connectivity index (χ2v) is 6.45. The molecule has 2 heterocycles. The molecule has 0 atom stereocenters. The van der Waals surface area contributed by atoms with Crippen LogP contribution in [0.3, 0.4) is 0 Å². The number of carbonyl (C=O) groups is 2. The van der Waals surface area contributed by atoms with Gasteiger partial charge in [0.05, 0.1) is 30.0 Å². The molecular formula is C23H19FN4O5. The van der Waals surface area contributed by atoms with Crippen LogP contribution in [0.2, 0.25) is 0 Å². The molecule has 2 aromatic heterocycles. The summed E-state index contributed by atoms with van der Waals surface area (Å²) in [5.74, 6) is -2.24. The van der Waals surface area contributed by atoms with Gasteiger partial charge < -0.3 is 19.9 Å². The third-order valence-corrected chi connectivity index (χ3v) is 4.33. The van der Waals surface area contributed by atoms with Gasteiger partial charge in [0.15, 0.2) is 17.2 Å². The number of fused-ring (bicyclic) bond motifs is 1. The standard InChI is InChI=1S/C22H15FN4O5.CH4/c1-31-18-10-12(23)6-9-17(18)32-21-19(26-14-4-2-3-5-15(14)27-21)20(28)25-13-7-8-16(22(29)30)24-11-13;/h2-11H,1H3,(H,25,28)(H,29,30);1H4. The van der Waals surface area contributed by atoms with Crippen LogP contribution in [-0.4, -0.2) is 39.0 Å². The Morgan fingerprint density at radius 3 is 2.36 bits per heavy atom. The molecule has 10 heteroatoms. The minimum absolute atomic E-state index is 0. The molecular weight excluding hydrogens is 431 g/mol. The minimum Gasteiger partial charge on any atom is -0.493 e. The van der Waals surface area contributed by atoms with Gasteiger partial charge in [0.25, 0.3) is 11.8 Å². The predicted octanol–water partition coefficient (Wildman–Crippen LogP) is 4.55. The molecule has 0 unspecified atom stereocenters. The fourth-order valence-electron chi connectivity index (χ4n) is 2.82. The Labute approximate surface area is 187 Å². The first-order valence-electron chi connectivity index (χ1n) is 9.23. The van der Waals surface area contributed by atoms with Gasteiger partial charge in [0.1, 0.15) is 11.5 Å². The number of carbonyl (C=O) groups excluding carboxylic acids is 1. The number of halogens is 1. The van der Waals surface area contributed by atoms with E-state index in [1.807, 2.05) is 0 Å². The number of hydrogen-bond acceptors (Lipinski definition) is 7. The quantitative estimate of drug-likeness (QED) is 0.438. The summed E-state index contributed by atoms with van der Waals surface area (Å²) in [5.41, 5.74) is 0.876. The Hall–Kier alpha value is -4.60. The fraction of sp³-hybridized carbons (Fsp3) is 0.0870. The molecule has 2 N–H and O–H groups in total. The first-order valence-corrected chi connectivity index (χ1v) is 9.23. The maximum Gasteiger partial charge on any atom is 0.354 e.